The number of hydrogen-bond acceptors (Lipinski definition) is 3. The van der Waals surface area contributed by atoms with Crippen LogP contribution >= 0.6 is 0 Å². The minimum absolute atomic E-state index is 0.155. The van der Waals surface area contributed by atoms with Crippen molar-refractivity contribution in [3.8, 4) is 0 Å². The third-order valence-electron chi connectivity index (χ3n) is 4.52. The molecular formula is C16H20N4O. The smallest absolute Gasteiger partial charge is 0.254 e. The molecule has 1 aromatic heterocycles. The van der Waals surface area contributed by atoms with Gasteiger partial charge >= 0.3 is 0 Å². The van der Waals surface area contributed by atoms with E-state index in [0.29, 0.717) is 12.1 Å². The van der Waals surface area contributed by atoms with Crippen molar-refractivity contribution in [3.05, 3.63) is 30.0 Å². The summed E-state index contributed by atoms with van der Waals surface area (Å²) >= 11 is 0. The summed E-state index contributed by atoms with van der Waals surface area (Å²) in [7, 11) is 0. The molecule has 1 aliphatic carbocycles. The van der Waals surface area contributed by atoms with Crippen LogP contribution in [0.15, 0.2) is 24.4 Å². The van der Waals surface area contributed by atoms with Crippen molar-refractivity contribution in [2.45, 2.75) is 37.8 Å². The summed E-state index contributed by atoms with van der Waals surface area (Å²) in [5.74, 6) is 0.155. The van der Waals surface area contributed by atoms with Crippen molar-refractivity contribution in [2.75, 3.05) is 13.1 Å². The molecule has 1 aromatic carbocycles. The Hall–Kier alpha value is -1.88. The van der Waals surface area contributed by atoms with Gasteiger partial charge in [0.1, 0.15) is 0 Å². The maximum Gasteiger partial charge on any atom is 0.254 e. The van der Waals surface area contributed by atoms with Crippen molar-refractivity contribution in [1.29, 1.82) is 0 Å². The summed E-state index contributed by atoms with van der Waals surface area (Å²) in [6.45, 7) is 1.92. The second-order valence-corrected chi connectivity index (χ2v) is 6.15. The first-order chi connectivity index (χ1) is 10.3. The molecular weight excluding hydrogens is 264 g/mol. The number of H-pyrrole nitrogens is 1. The highest BCUT2D eigenvalue weighted by Crippen LogP contribution is 2.29. The normalized spacial score (nSPS) is 21.8. The van der Waals surface area contributed by atoms with Gasteiger partial charge in [-0.15, -0.1) is 0 Å². The number of rotatable bonds is 4. The second kappa shape index (κ2) is 5.15. The average molecular weight is 284 g/mol. The maximum atomic E-state index is 12.8. The fraction of sp³-hybridized carbons (Fsp3) is 0.500. The van der Waals surface area contributed by atoms with E-state index in [9.17, 15) is 4.79 Å². The van der Waals surface area contributed by atoms with Gasteiger partial charge in [0.2, 0.25) is 0 Å². The molecule has 1 amide bonds. The Bertz CT molecular complexity index is 655. The van der Waals surface area contributed by atoms with Gasteiger partial charge in [-0.2, -0.15) is 5.10 Å². The summed E-state index contributed by atoms with van der Waals surface area (Å²) in [5.41, 5.74) is 1.69. The highest BCUT2D eigenvalue weighted by Gasteiger charge is 2.35. The average Bonchev–Trinajstić information content (AvgIpc) is 3.02. The number of benzene rings is 1. The van der Waals surface area contributed by atoms with Gasteiger partial charge in [0.05, 0.1) is 11.7 Å². The maximum absolute atomic E-state index is 12.8. The van der Waals surface area contributed by atoms with Gasteiger partial charge in [-0.1, -0.05) is 6.07 Å². The second-order valence-electron chi connectivity index (χ2n) is 6.15. The quantitative estimate of drug-likeness (QED) is 0.901. The molecule has 21 heavy (non-hydrogen) atoms. The van der Waals surface area contributed by atoms with E-state index in [1.54, 1.807) is 6.20 Å². The van der Waals surface area contributed by atoms with Crippen LogP contribution in [0.3, 0.4) is 0 Å². The zero-order valence-electron chi connectivity index (χ0n) is 12.0. The minimum Gasteiger partial charge on any atom is -0.334 e. The molecule has 1 saturated carbocycles. The Kier molecular flexibility index (Phi) is 3.15. The first-order valence-corrected chi connectivity index (χ1v) is 7.79. The Morgan fingerprint density at radius 3 is 3.00 bits per heavy atom. The fourth-order valence-corrected chi connectivity index (χ4v) is 3.17. The molecule has 0 bridgehead atoms. The molecule has 2 heterocycles. The Balaban J connectivity index is 1.57. The number of carbonyl (C=O) groups is 1. The van der Waals surface area contributed by atoms with E-state index in [1.807, 2.05) is 18.2 Å². The molecule has 2 N–H and O–H groups in total. The molecule has 4 rings (SSSR count). The Labute approximate surface area is 123 Å². The fourth-order valence-electron chi connectivity index (χ4n) is 3.17. The van der Waals surface area contributed by atoms with E-state index in [-0.39, 0.29) is 5.91 Å². The number of hydrogen-bond donors (Lipinski definition) is 2. The lowest BCUT2D eigenvalue weighted by Gasteiger charge is -2.26. The van der Waals surface area contributed by atoms with Crippen molar-refractivity contribution in [2.24, 2.45) is 0 Å². The zero-order valence-corrected chi connectivity index (χ0v) is 12.0. The zero-order chi connectivity index (χ0) is 14.2. The van der Waals surface area contributed by atoms with Crippen molar-refractivity contribution >= 4 is 16.8 Å². The summed E-state index contributed by atoms with van der Waals surface area (Å²) in [6, 6.07) is 6.70. The molecule has 0 spiro atoms. The van der Waals surface area contributed by atoms with Gasteiger partial charge in [-0.3, -0.25) is 9.89 Å². The summed E-state index contributed by atoms with van der Waals surface area (Å²) in [6.07, 6.45) is 6.47. The van der Waals surface area contributed by atoms with Crippen LogP contribution < -0.4 is 5.32 Å². The van der Waals surface area contributed by atoms with Gasteiger partial charge in [0, 0.05) is 29.6 Å². The molecule has 1 atom stereocenters. The Morgan fingerprint density at radius 2 is 2.24 bits per heavy atom. The number of nitrogens with one attached hydrogen (secondary N) is 2. The highest BCUT2D eigenvalue weighted by molar-refractivity contribution is 5.98. The lowest BCUT2D eigenvalue weighted by atomic mass is 10.1. The predicted molar refractivity (Wildman–Crippen MR) is 81.2 cm³/mol. The molecule has 0 radical (unpaired) electrons. The monoisotopic (exact) mass is 284 g/mol. The molecule has 5 heteroatoms. The predicted octanol–water partition coefficient (Wildman–Crippen LogP) is 1.92. The first-order valence-electron chi connectivity index (χ1n) is 7.79. The third-order valence-corrected chi connectivity index (χ3v) is 4.52. The number of nitrogens with zero attached hydrogens (tertiary/aromatic N) is 2. The number of amides is 1. The van der Waals surface area contributed by atoms with E-state index in [2.05, 4.69) is 20.4 Å². The molecule has 110 valence electrons. The standard InChI is InChI=1S/C16H20N4O/c21-16(11-3-4-12-9-18-19-15(12)8-11)20(14-5-6-14)10-13-2-1-7-17-13/h3-4,8-9,13-14,17H,1-2,5-7,10H2,(H,18,19). The van der Waals surface area contributed by atoms with Crippen molar-refractivity contribution in [1.82, 2.24) is 20.4 Å². The Morgan fingerprint density at radius 1 is 1.33 bits per heavy atom. The van der Waals surface area contributed by atoms with Crippen LogP contribution in [0.2, 0.25) is 0 Å². The van der Waals surface area contributed by atoms with Crippen molar-refractivity contribution in [3.63, 3.8) is 0 Å². The van der Waals surface area contributed by atoms with Crippen LogP contribution in [0.4, 0.5) is 0 Å². The summed E-state index contributed by atoms with van der Waals surface area (Å²) in [5, 5.41) is 11.5. The summed E-state index contributed by atoms with van der Waals surface area (Å²) in [4.78, 5) is 14.9. The molecule has 1 saturated heterocycles. The number of fused-ring (bicyclic) bond motifs is 1. The molecule has 5 nitrogen and oxygen atoms in total. The first kappa shape index (κ1) is 12.8. The third kappa shape index (κ3) is 2.53. The van der Waals surface area contributed by atoms with Crippen LogP contribution in [0.25, 0.3) is 10.9 Å². The van der Waals surface area contributed by atoms with Gasteiger partial charge in [0.15, 0.2) is 0 Å². The van der Waals surface area contributed by atoms with Gasteiger partial charge in [0.25, 0.3) is 5.91 Å². The highest BCUT2D eigenvalue weighted by atomic mass is 16.2. The minimum atomic E-state index is 0.155. The van der Waals surface area contributed by atoms with Crippen LogP contribution in [0.5, 0.6) is 0 Å². The topological polar surface area (TPSA) is 61.0 Å². The summed E-state index contributed by atoms with van der Waals surface area (Å²) < 4.78 is 0. The van der Waals surface area contributed by atoms with Gasteiger partial charge in [-0.05, 0) is 44.4 Å². The van der Waals surface area contributed by atoms with E-state index in [0.717, 1.165) is 42.4 Å². The van der Waals surface area contributed by atoms with Crippen molar-refractivity contribution < 1.29 is 4.79 Å². The lowest BCUT2D eigenvalue weighted by Crippen LogP contribution is -2.42. The SMILES string of the molecule is O=C(c1ccc2cn[nH]c2c1)N(CC1CCCN1)C1CC1. The van der Waals surface area contributed by atoms with Gasteiger partial charge < -0.3 is 10.2 Å². The van der Waals surface area contributed by atoms with E-state index in [4.69, 9.17) is 0 Å². The van der Waals surface area contributed by atoms with E-state index >= 15 is 0 Å². The van der Waals surface area contributed by atoms with Gasteiger partial charge in [-0.25, -0.2) is 0 Å². The molecule has 2 aliphatic rings. The van der Waals surface area contributed by atoms with Crippen LogP contribution in [-0.2, 0) is 0 Å². The van der Waals surface area contributed by atoms with Crippen LogP contribution in [0, 0.1) is 0 Å². The largest absolute Gasteiger partial charge is 0.334 e. The number of aromatic nitrogens is 2. The van der Waals surface area contributed by atoms with Crippen LogP contribution in [-0.4, -0.2) is 46.2 Å². The molecule has 2 aromatic rings. The molecule has 1 aliphatic heterocycles. The number of aromatic amines is 1. The van der Waals surface area contributed by atoms with E-state index < -0.39 is 0 Å². The molecule has 1 unspecified atom stereocenters. The number of carbonyl (C=O) groups excluding carboxylic acids is 1. The van der Waals surface area contributed by atoms with Crippen LogP contribution in [0.1, 0.15) is 36.0 Å². The van der Waals surface area contributed by atoms with E-state index in [1.165, 1.54) is 12.8 Å². The molecule has 2 fully saturated rings. The lowest BCUT2D eigenvalue weighted by molar-refractivity contribution is 0.0729.